The molecule has 3 N–H and O–H groups in total. The van der Waals surface area contributed by atoms with Crippen LogP contribution in [0.2, 0.25) is 0 Å². The monoisotopic (exact) mass is 258 g/mol. The Hall–Kier alpha value is -1.00. The van der Waals surface area contributed by atoms with Crippen LogP contribution in [0.15, 0.2) is 22.8 Å². The van der Waals surface area contributed by atoms with Gasteiger partial charge in [0, 0.05) is 0 Å². The van der Waals surface area contributed by atoms with E-state index in [-0.39, 0.29) is 18.3 Å². The molecule has 0 radical (unpaired) electrons. The number of halogens is 1. The van der Waals surface area contributed by atoms with Crippen molar-refractivity contribution in [3.63, 3.8) is 0 Å². The molecule has 17 heavy (non-hydrogen) atoms. The highest BCUT2D eigenvalue weighted by Gasteiger charge is 2.34. The maximum atomic E-state index is 11.9. The van der Waals surface area contributed by atoms with Gasteiger partial charge >= 0.3 is 0 Å². The third-order valence-corrected chi connectivity index (χ3v) is 3.20. The molecule has 1 aromatic rings. The fourth-order valence-electron chi connectivity index (χ4n) is 2.17. The van der Waals surface area contributed by atoms with Crippen molar-refractivity contribution < 1.29 is 9.21 Å². The van der Waals surface area contributed by atoms with Crippen LogP contribution in [0.5, 0.6) is 0 Å². The van der Waals surface area contributed by atoms with Crippen molar-refractivity contribution in [2.75, 3.05) is 0 Å². The molecule has 1 amide bonds. The number of amides is 1. The minimum absolute atomic E-state index is 0. The summed E-state index contributed by atoms with van der Waals surface area (Å²) in [5, 5.41) is 2.84. The Bertz CT molecular complexity index is 345. The topological polar surface area (TPSA) is 68.3 Å². The van der Waals surface area contributed by atoms with Crippen molar-refractivity contribution >= 4 is 18.3 Å². The molecular formula is C12H19ClN2O2. The van der Waals surface area contributed by atoms with Gasteiger partial charge in [-0.25, -0.2) is 0 Å². The molecular weight excluding hydrogens is 240 g/mol. The molecule has 0 bridgehead atoms. The van der Waals surface area contributed by atoms with E-state index in [2.05, 4.69) is 5.32 Å². The zero-order valence-corrected chi connectivity index (χ0v) is 10.6. The highest BCUT2D eigenvalue weighted by Crippen LogP contribution is 2.25. The molecule has 1 aliphatic carbocycles. The van der Waals surface area contributed by atoms with E-state index >= 15 is 0 Å². The van der Waals surface area contributed by atoms with E-state index in [4.69, 9.17) is 10.2 Å². The summed E-state index contributed by atoms with van der Waals surface area (Å²) >= 11 is 0. The summed E-state index contributed by atoms with van der Waals surface area (Å²) in [5.41, 5.74) is 5.44. The highest BCUT2D eigenvalue weighted by atomic mass is 35.5. The summed E-state index contributed by atoms with van der Waals surface area (Å²) in [5.74, 6) is 0.705. The second-order valence-electron chi connectivity index (χ2n) is 4.48. The summed E-state index contributed by atoms with van der Waals surface area (Å²) in [7, 11) is 0. The van der Waals surface area contributed by atoms with Gasteiger partial charge in [0.15, 0.2) is 0 Å². The molecule has 0 spiro atoms. The maximum Gasteiger partial charge on any atom is 0.240 e. The minimum Gasteiger partial charge on any atom is -0.467 e. The average molecular weight is 259 g/mol. The van der Waals surface area contributed by atoms with Crippen LogP contribution in [0.3, 0.4) is 0 Å². The SMILES string of the molecule is Cl.NC1(C(=O)NCc2ccco2)CCCCC1. The zero-order valence-electron chi connectivity index (χ0n) is 9.78. The molecule has 1 aliphatic rings. The van der Waals surface area contributed by atoms with Crippen molar-refractivity contribution in [2.24, 2.45) is 5.73 Å². The van der Waals surface area contributed by atoms with Crippen LogP contribution in [-0.2, 0) is 11.3 Å². The van der Waals surface area contributed by atoms with Crippen LogP contribution in [0, 0.1) is 0 Å². The number of carbonyl (C=O) groups is 1. The highest BCUT2D eigenvalue weighted by molar-refractivity contribution is 5.86. The fourth-order valence-corrected chi connectivity index (χ4v) is 2.17. The lowest BCUT2D eigenvalue weighted by Gasteiger charge is -2.31. The number of nitrogens with one attached hydrogen (secondary N) is 1. The first-order valence-corrected chi connectivity index (χ1v) is 5.80. The van der Waals surface area contributed by atoms with Gasteiger partial charge in [-0.2, -0.15) is 0 Å². The molecule has 96 valence electrons. The van der Waals surface area contributed by atoms with Crippen LogP contribution in [0.25, 0.3) is 0 Å². The third kappa shape index (κ3) is 3.48. The predicted molar refractivity (Wildman–Crippen MR) is 67.8 cm³/mol. The number of hydrogen-bond acceptors (Lipinski definition) is 3. The second-order valence-corrected chi connectivity index (χ2v) is 4.48. The second kappa shape index (κ2) is 6.07. The first-order chi connectivity index (χ1) is 7.71. The maximum absolute atomic E-state index is 11.9. The average Bonchev–Trinajstić information content (AvgIpc) is 2.79. The minimum atomic E-state index is -0.662. The van der Waals surface area contributed by atoms with Crippen molar-refractivity contribution in [3.05, 3.63) is 24.2 Å². The van der Waals surface area contributed by atoms with E-state index in [1.807, 2.05) is 6.07 Å². The smallest absolute Gasteiger partial charge is 0.240 e. The molecule has 2 rings (SSSR count). The van der Waals surface area contributed by atoms with E-state index in [9.17, 15) is 4.79 Å². The van der Waals surface area contributed by atoms with Crippen LogP contribution < -0.4 is 11.1 Å². The van der Waals surface area contributed by atoms with Gasteiger partial charge in [0.25, 0.3) is 0 Å². The van der Waals surface area contributed by atoms with Gasteiger partial charge in [0.2, 0.25) is 5.91 Å². The summed E-state index contributed by atoms with van der Waals surface area (Å²) in [4.78, 5) is 11.9. The number of nitrogens with two attached hydrogens (primary N) is 1. The Morgan fingerprint density at radius 3 is 2.71 bits per heavy atom. The van der Waals surface area contributed by atoms with E-state index < -0.39 is 5.54 Å². The van der Waals surface area contributed by atoms with Crippen molar-refractivity contribution in [1.82, 2.24) is 5.32 Å². The summed E-state index contributed by atoms with van der Waals surface area (Å²) in [6, 6.07) is 3.64. The quantitative estimate of drug-likeness (QED) is 0.871. The number of hydrogen-bond donors (Lipinski definition) is 2. The Morgan fingerprint density at radius 2 is 2.12 bits per heavy atom. The van der Waals surface area contributed by atoms with Gasteiger partial charge < -0.3 is 15.5 Å². The van der Waals surface area contributed by atoms with Crippen molar-refractivity contribution in [3.8, 4) is 0 Å². The first-order valence-electron chi connectivity index (χ1n) is 5.80. The lowest BCUT2D eigenvalue weighted by Crippen LogP contribution is -2.54. The Balaban J connectivity index is 0.00000144. The first kappa shape index (κ1) is 14.1. The fraction of sp³-hybridized carbons (Fsp3) is 0.583. The molecule has 5 heteroatoms. The van der Waals surface area contributed by atoms with Crippen LogP contribution >= 0.6 is 12.4 Å². The number of carbonyl (C=O) groups excluding carboxylic acids is 1. The van der Waals surface area contributed by atoms with Gasteiger partial charge in [-0.15, -0.1) is 12.4 Å². The van der Waals surface area contributed by atoms with Gasteiger partial charge in [-0.1, -0.05) is 19.3 Å². The van der Waals surface area contributed by atoms with Gasteiger partial charge in [0.05, 0.1) is 18.3 Å². The molecule has 1 saturated carbocycles. The van der Waals surface area contributed by atoms with Crippen molar-refractivity contribution in [1.29, 1.82) is 0 Å². The number of rotatable bonds is 3. The predicted octanol–water partition coefficient (Wildman–Crippen LogP) is 1.98. The molecule has 1 aromatic heterocycles. The summed E-state index contributed by atoms with van der Waals surface area (Å²) in [6.07, 6.45) is 6.45. The summed E-state index contributed by atoms with van der Waals surface area (Å²) in [6.45, 7) is 0.421. The van der Waals surface area contributed by atoms with E-state index in [0.717, 1.165) is 31.4 Å². The van der Waals surface area contributed by atoms with Crippen molar-refractivity contribution in [2.45, 2.75) is 44.2 Å². The Labute approximate surface area is 107 Å². The van der Waals surface area contributed by atoms with Crippen LogP contribution in [0.1, 0.15) is 37.9 Å². The molecule has 0 aliphatic heterocycles. The molecule has 0 unspecified atom stereocenters. The van der Waals surface area contributed by atoms with Gasteiger partial charge in [0.1, 0.15) is 5.76 Å². The zero-order chi connectivity index (χ0) is 11.4. The molecule has 0 aromatic carbocycles. The third-order valence-electron chi connectivity index (χ3n) is 3.20. The molecule has 0 atom stereocenters. The van der Waals surface area contributed by atoms with Gasteiger partial charge in [-0.05, 0) is 25.0 Å². The standard InChI is InChI=1S/C12H18N2O2.ClH/c13-12(6-2-1-3-7-12)11(15)14-9-10-5-4-8-16-10;/h4-5,8H,1-3,6-7,9,13H2,(H,14,15);1H. The van der Waals surface area contributed by atoms with E-state index in [1.54, 1.807) is 12.3 Å². The number of furan rings is 1. The normalized spacial score (nSPS) is 18.2. The Morgan fingerprint density at radius 1 is 1.41 bits per heavy atom. The Kier molecular flexibility index (Phi) is 5.02. The van der Waals surface area contributed by atoms with E-state index in [1.165, 1.54) is 6.42 Å². The van der Waals surface area contributed by atoms with Gasteiger partial charge in [-0.3, -0.25) is 4.79 Å². The largest absolute Gasteiger partial charge is 0.467 e. The summed E-state index contributed by atoms with van der Waals surface area (Å²) < 4.78 is 5.15. The molecule has 1 heterocycles. The molecule has 0 saturated heterocycles. The lowest BCUT2D eigenvalue weighted by molar-refractivity contribution is -0.127. The molecule has 1 fully saturated rings. The van der Waals surface area contributed by atoms with Crippen LogP contribution in [-0.4, -0.2) is 11.4 Å². The van der Waals surface area contributed by atoms with E-state index in [0.29, 0.717) is 6.54 Å². The lowest BCUT2D eigenvalue weighted by atomic mass is 9.82. The van der Waals surface area contributed by atoms with Crippen LogP contribution in [0.4, 0.5) is 0 Å². The molecule has 4 nitrogen and oxygen atoms in total.